The normalized spacial score (nSPS) is 12.8. The summed E-state index contributed by atoms with van der Waals surface area (Å²) in [4.78, 5) is 45.3. The quantitative estimate of drug-likeness (QED) is 0.122. The van der Waals surface area contributed by atoms with Crippen molar-refractivity contribution in [3.63, 3.8) is 0 Å². The van der Waals surface area contributed by atoms with E-state index in [4.69, 9.17) is 49.3 Å². The molecule has 10 nitrogen and oxygen atoms in total. The molecule has 29 aromatic rings. The maximum absolute atomic E-state index is 6.25. The van der Waals surface area contributed by atoms with E-state index < -0.39 is 0 Å². The second kappa shape index (κ2) is 34.9. The Hall–Kier alpha value is -19.1. The highest BCUT2D eigenvalue weighted by atomic mass is 32.1. The summed E-state index contributed by atoms with van der Waals surface area (Å²) in [5, 5.41) is 29.6. The van der Waals surface area contributed by atoms with Gasteiger partial charge in [0.15, 0.2) is 52.4 Å². The summed E-state index contributed by atoms with van der Waals surface area (Å²) in [7, 11) is 0. The van der Waals surface area contributed by atoms with Gasteiger partial charge in [0.25, 0.3) is 0 Å². The summed E-state index contributed by atoms with van der Waals surface area (Å²) < 4.78 is 8.89. The van der Waals surface area contributed by atoms with Crippen molar-refractivity contribution in [2.75, 3.05) is 0 Å². The molecule has 2 aliphatic carbocycles. The van der Waals surface area contributed by atoms with Crippen molar-refractivity contribution < 1.29 is 4.42 Å². The largest absolute Gasteiger partial charge is 0.456 e. The lowest BCUT2D eigenvalue weighted by Gasteiger charge is -2.24. The molecule has 5 aromatic heterocycles. The number of hydrogen-bond donors (Lipinski definition) is 0. The molecule has 702 valence electrons. The number of benzene rings is 24. The van der Waals surface area contributed by atoms with Crippen LogP contribution in [0.25, 0.3) is 286 Å². The van der Waals surface area contributed by atoms with Crippen LogP contribution < -0.4 is 0 Å². The Kier molecular flexibility index (Phi) is 20.3. The van der Waals surface area contributed by atoms with Gasteiger partial charge in [0.2, 0.25) is 0 Å². The average molecular weight is 1930 g/mol. The van der Waals surface area contributed by atoms with Crippen molar-refractivity contribution in [3.05, 3.63) is 489 Å². The number of aromatic nitrogens is 9. The molecule has 0 aliphatic heterocycles. The van der Waals surface area contributed by atoms with Crippen LogP contribution in [0.3, 0.4) is 0 Å². The van der Waals surface area contributed by atoms with Crippen LogP contribution in [-0.2, 0) is 10.8 Å². The Bertz CT molecular complexity index is 10700. The van der Waals surface area contributed by atoms with Crippen molar-refractivity contribution in [3.8, 4) is 136 Å². The zero-order valence-corrected chi connectivity index (χ0v) is 83.1. The summed E-state index contributed by atoms with van der Waals surface area (Å²) in [5.74, 6) is 5.82. The van der Waals surface area contributed by atoms with Crippen molar-refractivity contribution in [2.45, 2.75) is 38.5 Å². The fourth-order valence-corrected chi connectivity index (χ4v) is 24.8. The van der Waals surface area contributed by atoms with Crippen LogP contribution in [-0.4, -0.2) is 44.9 Å². The van der Waals surface area contributed by atoms with E-state index in [0.29, 0.717) is 52.4 Å². The lowest BCUT2D eigenvalue weighted by atomic mass is 9.79. The minimum absolute atomic E-state index is 0.0331. The Morgan fingerprint density at radius 1 is 0.173 bits per heavy atom. The Balaban J connectivity index is 0.000000106. The molecule has 0 unspecified atom stereocenters. The number of para-hydroxylation sites is 1. The SMILES string of the molecule is CC1(C)c2ccccc2-c2c1c1ccccc1c1c2ccc2cc(-c3nc(-c4ccccc4)nc(-c4ccc5c(c4)oc4ccccc45)n3)ccc21.CC1(C)c2ccccc2-c2cc3c(ccc4ccc5cc(-c6nc(-c7ccccc7)nc(-c7ccc(-c8ccccc8)cc7)n6)ccc5c43)cc21.c1ccc(-c2nc(-c3ccc4ccccc4c3)nc(-c3ccc4c(ccc5ccc6cc7c(cc6c54)sc4ccccc47)c3)n2)cc1. The third-order valence-electron chi connectivity index (χ3n) is 31.0. The van der Waals surface area contributed by atoms with E-state index >= 15 is 0 Å². The van der Waals surface area contributed by atoms with E-state index in [1.165, 1.54) is 156 Å². The molecule has 5 heterocycles. The zero-order valence-electron chi connectivity index (χ0n) is 82.3. The highest BCUT2D eigenvalue weighted by molar-refractivity contribution is 7.25. The lowest BCUT2D eigenvalue weighted by Crippen LogP contribution is -2.15. The molecule has 0 atom stereocenters. The summed E-state index contributed by atoms with van der Waals surface area (Å²) in [6.07, 6.45) is 0. The van der Waals surface area contributed by atoms with Crippen LogP contribution in [0.4, 0.5) is 0 Å². The minimum atomic E-state index is -0.0969. The van der Waals surface area contributed by atoms with Gasteiger partial charge in [-0.1, -0.05) is 422 Å². The van der Waals surface area contributed by atoms with Crippen molar-refractivity contribution in [1.29, 1.82) is 0 Å². The smallest absolute Gasteiger partial charge is 0.164 e. The van der Waals surface area contributed by atoms with Crippen molar-refractivity contribution in [1.82, 2.24) is 44.9 Å². The number of furan rings is 1. The van der Waals surface area contributed by atoms with E-state index in [9.17, 15) is 0 Å². The van der Waals surface area contributed by atoms with Crippen LogP contribution in [0.15, 0.2) is 472 Å². The Morgan fingerprint density at radius 2 is 0.520 bits per heavy atom. The number of rotatable bonds is 10. The molecule has 0 N–H and O–H groups in total. The fourth-order valence-electron chi connectivity index (χ4n) is 23.6. The van der Waals surface area contributed by atoms with Gasteiger partial charge >= 0.3 is 0 Å². The standard InChI is InChI=1S/C48H31N3O.C48H33N3.C43H25N3S/c1-48(2)39-18-10-8-17-37(39)43-38-25-20-29-26-30(21-23-32(29)42(38)35-15-6-7-16-36(35)44(43)48)46-49-45(28-12-4-3-5-13-28)50-47(51-46)31-22-24-34-33-14-9-11-19-40(33)52-41(34)27-31;1-48(2)42-16-10-9-15-39(42)41-29-40-36(28-43(41)48)24-20-32-19-23-35-27-37(25-26-38(35)44(32)40)47-50-45(33-13-7-4-8-14-33)49-46(51-47)34-21-17-31(18-22-34)30-11-5-3-6-12-30;1-2-9-28(10-3-1)41-44-42(32-19-14-26-8-4-5-11-29(26)22-32)46-43(45-41)33-20-21-34-30(23-33)17-15-27-16-18-31-24-37-35-12-6-7-13-38(35)47-39(37)25-36(31)40(27)34/h3-27H,1-2H3;3-29H,1-2H3;1-25H. The van der Waals surface area contributed by atoms with Gasteiger partial charge in [-0.05, 0) is 236 Å². The van der Waals surface area contributed by atoms with E-state index in [2.05, 4.69) is 398 Å². The first kappa shape index (κ1) is 87.5. The first-order valence-electron chi connectivity index (χ1n) is 51.1. The Morgan fingerprint density at radius 3 is 1.07 bits per heavy atom. The number of hydrogen-bond acceptors (Lipinski definition) is 11. The van der Waals surface area contributed by atoms with Crippen molar-refractivity contribution >= 4 is 161 Å². The molecule has 150 heavy (non-hydrogen) atoms. The van der Waals surface area contributed by atoms with Gasteiger partial charge in [0, 0.05) is 91.8 Å². The van der Waals surface area contributed by atoms with Crippen molar-refractivity contribution in [2.24, 2.45) is 0 Å². The van der Waals surface area contributed by atoms with Crippen LogP contribution in [0.2, 0.25) is 0 Å². The molecule has 0 fully saturated rings. The average Bonchev–Trinajstić information content (AvgIpc) is 1.51. The second-order valence-corrected chi connectivity index (χ2v) is 41.6. The number of thiophene rings is 1. The van der Waals surface area contributed by atoms with Crippen LogP contribution >= 0.6 is 11.3 Å². The molecule has 0 spiro atoms. The molecule has 0 amide bonds. The third-order valence-corrected chi connectivity index (χ3v) is 32.1. The maximum Gasteiger partial charge on any atom is 0.164 e. The number of fused-ring (bicyclic) bond motifs is 30. The minimum Gasteiger partial charge on any atom is -0.456 e. The van der Waals surface area contributed by atoms with Crippen LogP contribution in [0.5, 0.6) is 0 Å². The fraction of sp³-hybridized carbons (Fsp3) is 0.0432. The molecule has 24 aromatic carbocycles. The first-order valence-corrected chi connectivity index (χ1v) is 51.9. The van der Waals surface area contributed by atoms with Gasteiger partial charge in [0.05, 0.1) is 0 Å². The predicted molar refractivity (Wildman–Crippen MR) is 624 cm³/mol. The molecule has 0 bridgehead atoms. The maximum atomic E-state index is 6.25. The summed E-state index contributed by atoms with van der Waals surface area (Å²) in [6.45, 7) is 9.42. The molecule has 31 rings (SSSR count). The summed E-state index contributed by atoms with van der Waals surface area (Å²) >= 11 is 1.87. The lowest BCUT2D eigenvalue weighted by molar-refractivity contribution is 0.661. The molecule has 0 radical (unpaired) electrons. The van der Waals surface area contributed by atoms with Gasteiger partial charge in [-0.3, -0.25) is 0 Å². The number of nitrogens with zero attached hydrogens (tertiary/aromatic N) is 9. The third kappa shape index (κ3) is 14.7. The second-order valence-electron chi connectivity index (χ2n) is 40.5. The van der Waals surface area contributed by atoms with Gasteiger partial charge in [-0.25, -0.2) is 44.9 Å². The molecule has 11 heteroatoms. The van der Waals surface area contributed by atoms with E-state index in [1.807, 2.05) is 108 Å². The monoisotopic (exact) mass is 1930 g/mol. The predicted octanol–water partition coefficient (Wildman–Crippen LogP) is 36.7. The zero-order chi connectivity index (χ0) is 99.6. The Labute approximate surface area is 867 Å². The summed E-state index contributed by atoms with van der Waals surface area (Å²) in [6, 6.07) is 166. The van der Waals surface area contributed by atoms with Gasteiger partial charge in [-0.15, -0.1) is 11.3 Å². The highest BCUT2D eigenvalue weighted by Crippen LogP contribution is 2.57. The molecular formula is C139H89N9OS. The van der Waals surface area contributed by atoms with Gasteiger partial charge in [-0.2, -0.15) is 0 Å². The topological polar surface area (TPSA) is 129 Å². The molecule has 2 aliphatic rings. The van der Waals surface area contributed by atoms with E-state index in [0.717, 1.165) is 99.1 Å². The van der Waals surface area contributed by atoms with Crippen LogP contribution in [0.1, 0.15) is 49.9 Å². The molecule has 0 saturated carbocycles. The van der Waals surface area contributed by atoms with E-state index in [-0.39, 0.29) is 10.8 Å². The first-order chi connectivity index (χ1) is 73.8. The highest BCUT2D eigenvalue weighted by Gasteiger charge is 2.40. The summed E-state index contributed by atoms with van der Waals surface area (Å²) in [5.41, 5.74) is 23.4. The molecule has 0 saturated heterocycles. The van der Waals surface area contributed by atoms with Gasteiger partial charge < -0.3 is 4.42 Å². The molecular weight excluding hydrogens is 1840 g/mol. The van der Waals surface area contributed by atoms with E-state index in [1.54, 1.807) is 0 Å². The van der Waals surface area contributed by atoms with Gasteiger partial charge in [0.1, 0.15) is 11.2 Å². The van der Waals surface area contributed by atoms with Crippen LogP contribution in [0, 0.1) is 0 Å².